The number of aliphatic hydroxyl groups excluding tert-OH is 1. The number of para-hydroxylation sites is 1. The van der Waals surface area contributed by atoms with Crippen LogP contribution in [-0.4, -0.2) is 38.8 Å². The third-order valence-corrected chi connectivity index (χ3v) is 3.76. The molecule has 6 nitrogen and oxygen atoms in total. The SMILES string of the molecule is CCC(CC)c1nc(N[C@@H](CO)C(=O)O)c2ccccc2n1. The van der Waals surface area contributed by atoms with E-state index < -0.39 is 18.6 Å². The first kappa shape index (κ1) is 16.2. The van der Waals surface area contributed by atoms with Crippen molar-refractivity contribution in [3.63, 3.8) is 0 Å². The summed E-state index contributed by atoms with van der Waals surface area (Å²) in [6.07, 6.45) is 1.83. The summed E-state index contributed by atoms with van der Waals surface area (Å²) in [5.41, 5.74) is 0.768. The summed E-state index contributed by atoms with van der Waals surface area (Å²) >= 11 is 0. The predicted molar refractivity (Wildman–Crippen MR) is 85.0 cm³/mol. The quantitative estimate of drug-likeness (QED) is 0.727. The van der Waals surface area contributed by atoms with Crippen LogP contribution < -0.4 is 5.32 Å². The maximum Gasteiger partial charge on any atom is 0.328 e. The summed E-state index contributed by atoms with van der Waals surface area (Å²) in [6, 6.07) is 6.36. The number of benzene rings is 1. The predicted octanol–water partition coefficient (Wildman–Crippen LogP) is 2.39. The minimum atomic E-state index is -1.12. The minimum Gasteiger partial charge on any atom is -0.480 e. The number of anilines is 1. The molecular weight excluding hydrogens is 282 g/mol. The topological polar surface area (TPSA) is 95.3 Å². The number of aliphatic carboxylic acids is 1. The molecule has 0 saturated carbocycles. The lowest BCUT2D eigenvalue weighted by Crippen LogP contribution is -2.33. The van der Waals surface area contributed by atoms with Crippen molar-refractivity contribution in [2.75, 3.05) is 11.9 Å². The molecular formula is C16H21N3O3. The van der Waals surface area contributed by atoms with E-state index in [1.165, 1.54) is 0 Å². The lowest BCUT2D eigenvalue weighted by atomic mass is 10.0. The zero-order valence-electron chi connectivity index (χ0n) is 12.8. The van der Waals surface area contributed by atoms with E-state index in [1.54, 1.807) is 0 Å². The molecule has 0 aliphatic heterocycles. The van der Waals surface area contributed by atoms with Gasteiger partial charge in [0.05, 0.1) is 12.1 Å². The molecule has 0 amide bonds. The normalized spacial score (nSPS) is 12.5. The van der Waals surface area contributed by atoms with Crippen molar-refractivity contribution in [2.45, 2.75) is 38.6 Å². The first-order chi connectivity index (χ1) is 10.6. The molecule has 0 fully saturated rings. The van der Waals surface area contributed by atoms with Crippen LogP contribution >= 0.6 is 0 Å². The second kappa shape index (κ2) is 7.17. The average Bonchev–Trinajstić information content (AvgIpc) is 2.53. The van der Waals surface area contributed by atoms with Crippen LogP contribution in [0.1, 0.15) is 38.4 Å². The molecule has 2 aromatic rings. The van der Waals surface area contributed by atoms with Gasteiger partial charge in [-0.3, -0.25) is 0 Å². The molecule has 6 heteroatoms. The first-order valence-electron chi connectivity index (χ1n) is 7.47. The Morgan fingerprint density at radius 3 is 2.50 bits per heavy atom. The van der Waals surface area contributed by atoms with Crippen molar-refractivity contribution in [3.8, 4) is 0 Å². The van der Waals surface area contributed by atoms with Crippen LogP contribution in [0.4, 0.5) is 5.82 Å². The van der Waals surface area contributed by atoms with E-state index in [2.05, 4.69) is 29.1 Å². The van der Waals surface area contributed by atoms with Gasteiger partial charge in [-0.25, -0.2) is 14.8 Å². The van der Waals surface area contributed by atoms with E-state index in [0.29, 0.717) is 11.6 Å². The third kappa shape index (κ3) is 3.33. The minimum absolute atomic E-state index is 0.225. The summed E-state index contributed by atoms with van der Waals surface area (Å²) < 4.78 is 0. The zero-order chi connectivity index (χ0) is 16.1. The molecule has 0 saturated heterocycles. The monoisotopic (exact) mass is 303 g/mol. The van der Waals surface area contributed by atoms with Gasteiger partial charge in [0, 0.05) is 11.3 Å². The van der Waals surface area contributed by atoms with Gasteiger partial charge in [0.25, 0.3) is 0 Å². The zero-order valence-corrected chi connectivity index (χ0v) is 12.8. The Morgan fingerprint density at radius 2 is 1.91 bits per heavy atom. The Morgan fingerprint density at radius 1 is 1.23 bits per heavy atom. The van der Waals surface area contributed by atoms with Gasteiger partial charge in [0.2, 0.25) is 0 Å². The Bertz CT molecular complexity index is 656. The molecule has 3 N–H and O–H groups in total. The van der Waals surface area contributed by atoms with Crippen molar-refractivity contribution in [1.82, 2.24) is 9.97 Å². The number of nitrogens with one attached hydrogen (secondary N) is 1. The fraction of sp³-hybridized carbons (Fsp3) is 0.438. The van der Waals surface area contributed by atoms with Crippen LogP contribution in [-0.2, 0) is 4.79 Å². The molecule has 0 aliphatic carbocycles. The van der Waals surface area contributed by atoms with Crippen LogP contribution in [0.5, 0.6) is 0 Å². The molecule has 0 spiro atoms. The van der Waals surface area contributed by atoms with Crippen molar-refractivity contribution < 1.29 is 15.0 Å². The van der Waals surface area contributed by atoms with Gasteiger partial charge in [-0.2, -0.15) is 0 Å². The molecule has 0 bridgehead atoms. The van der Waals surface area contributed by atoms with Crippen molar-refractivity contribution in [3.05, 3.63) is 30.1 Å². The summed E-state index contributed by atoms with van der Waals surface area (Å²) in [7, 11) is 0. The largest absolute Gasteiger partial charge is 0.480 e. The molecule has 1 aromatic heterocycles. The second-order valence-corrected chi connectivity index (χ2v) is 5.18. The van der Waals surface area contributed by atoms with Crippen LogP contribution in [0.3, 0.4) is 0 Å². The number of rotatable bonds is 7. The van der Waals surface area contributed by atoms with E-state index in [1.807, 2.05) is 24.3 Å². The number of hydrogen-bond acceptors (Lipinski definition) is 5. The van der Waals surface area contributed by atoms with Gasteiger partial charge >= 0.3 is 5.97 Å². The lowest BCUT2D eigenvalue weighted by molar-refractivity contribution is -0.138. The van der Waals surface area contributed by atoms with Gasteiger partial charge in [0.15, 0.2) is 0 Å². The van der Waals surface area contributed by atoms with Crippen LogP contribution in [0.25, 0.3) is 10.9 Å². The number of fused-ring (bicyclic) bond motifs is 1. The molecule has 0 radical (unpaired) electrons. The Labute approximate surface area is 129 Å². The van der Waals surface area contributed by atoms with Crippen molar-refractivity contribution in [2.24, 2.45) is 0 Å². The Kier molecular flexibility index (Phi) is 5.27. The number of carbonyl (C=O) groups is 1. The van der Waals surface area contributed by atoms with E-state index in [9.17, 15) is 9.90 Å². The van der Waals surface area contributed by atoms with E-state index in [-0.39, 0.29) is 5.92 Å². The maximum absolute atomic E-state index is 11.1. The fourth-order valence-corrected chi connectivity index (χ4v) is 2.39. The van der Waals surface area contributed by atoms with E-state index in [0.717, 1.165) is 23.7 Å². The highest BCUT2D eigenvalue weighted by atomic mass is 16.4. The van der Waals surface area contributed by atoms with E-state index >= 15 is 0 Å². The molecule has 0 aliphatic rings. The van der Waals surface area contributed by atoms with E-state index in [4.69, 9.17) is 5.11 Å². The van der Waals surface area contributed by atoms with Crippen LogP contribution in [0, 0.1) is 0 Å². The second-order valence-electron chi connectivity index (χ2n) is 5.18. The Hall–Kier alpha value is -2.21. The fourth-order valence-electron chi connectivity index (χ4n) is 2.39. The number of hydrogen-bond donors (Lipinski definition) is 3. The molecule has 22 heavy (non-hydrogen) atoms. The lowest BCUT2D eigenvalue weighted by Gasteiger charge is -2.17. The standard InChI is InChI=1S/C16H21N3O3/c1-3-10(4-2)14-17-12-8-6-5-7-11(12)15(19-14)18-13(9-20)16(21)22/h5-8,10,13,20H,3-4,9H2,1-2H3,(H,21,22)(H,17,18,19)/t13-/m0/s1. The molecule has 1 aromatic carbocycles. The smallest absolute Gasteiger partial charge is 0.328 e. The summed E-state index contributed by atoms with van der Waals surface area (Å²) in [5.74, 6) is 0.263. The summed E-state index contributed by atoms with van der Waals surface area (Å²) in [6.45, 7) is 3.65. The van der Waals surface area contributed by atoms with Gasteiger partial charge in [-0.15, -0.1) is 0 Å². The molecule has 0 unspecified atom stereocenters. The summed E-state index contributed by atoms with van der Waals surface area (Å²) in [5, 5.41) is 21.9. The van der Waals surface area contributed by atoms with Crippen LogP contribution in [0.2, 0.25) is 0 Å². The van der Waals surface area contributed by atoms with Gasteiger partial charge in [-0.1, -0.05) is 26.0 Å². The van der Waals surface area contributed by atoms with Gasteiger partial charge in [0.1, 0.15) is 17.7 Å². The highest BCUT2D eigenvalue weighted by Gasteiger charge is 2.20. The average molecular weight is 303 g/mol. The highest BCUT2D eigenvalue weighted by molar-refractivity contribution is 5.91. The number of aromatic nitrogens is 2. The third-order valence-electron chi connectivity index (χ3n) is 3.76. The van der Waals surface area contributed by atoms with Crippen molar-refractivity contribution >= 4 is 22.7 Å². The first-order valence-corrected chi connectivity index (χ1v) is 7.47. The molecule has 1 heterocycles. The molecule has 2 rings (SSSR count). The molecule has 118 valence electrons. The highest BCUT2D eigenvalue weighted by Crippen LogP contribution is 2.26. The summed E-state index contributed by atoms with van der Waals surface area (Å²) in [4.78, 5) is 20.2. The number of carboxylic acids is 1. The number of carboxylic acid groups (broad SMARTS) is 1. The molecule has 1 atom stereocenters. The Balaban J connectivity index is 2.52. The van der Waals surface area contributed by atoms with Crippen molar-refractivity contribution in [1.29, 1.82) is 0 Å². The number of aliphatic hydroxyl groups is 1. The number of nitrogens with zero attached hydrogens (tertiary/aromatic N) is 2. The van der Waals surface area contributed by atoms with Gasteiger partial charge < -0.3 is 15.5 Å². The van der Waals surface area contributed by atoms with Crippen LogP contribution in [0.15, 0.2) is 24.3 Å². The maximum atomic E-state index is 11.1. The van der Waals surface area contributed by atoms with Gasteiger partial charge in [-0.05, 0) is 25.0 Å².